The van der Waals surface area contributed by atoms with Gasteiger partial charge in [-0.1, -0.05) is 20.8 Å². The quantitative estimate of drug-likeness (QED) is 0.779. The van der Waals surface area contributed by atoms with E-state index >= 15 is 0 Å². The van der Waals surface area contributed by atoms with Crippen molar-refractivity contribution >= 4 is 11.3 Å². The third-order valence-electron chi connectivity index (χ3n) is 2.17. The first-order valence-corrected chi connectivity index (χ1v) is 6.79. The largest absolute Gasteiger partial charge is 0.374 e. The van der Waals surface area contributed by atoms with Crippen molar-refractivity contribution in [2.24, 2.45) is 0 Å². The second-order valence-corrected chi connectivity index (χ2v) is 5.89. The number of rotatable bonds is 7. The number of nitrogens with zero attached hydrogens (tertiary/aromatic N) is 1. The molecule has 3 nitrogen and oxygen atoms in total. The molecule has 104 valence electrons. The number of alkyl halides is 2. The van der Waals surface area contributed by atoms with E-state index in [4.69, 9.17) is 4.74 Å². The van der Waals surface area contributed by atoms with E-state index in [9.17, 15) is 8.78 Å². The van der Waals surface area contributed by atoms with Crippen molar-refractivity contribution in [3.05, 3.63) is 16.1 Å². The molecular weight excluding hydrogens is 258 g/mol. The van der Waals surface area contributed by atoms with Gasteiger partial charge in [0.25, 0.3) is 6.43 Å². The Morgan fingerprint density at radius 1 is 1.44 bits per heavy atom. The zero-order valence-electron chi connectivity index (χ0n) is 11.0. The number of thiazole rings is 1. The first-order valence-electron chi connectivity index (χ1n) is 5.91. The SMILES string of the molecule is CC(C)(C)c1nc(CNCCOCC(F)F)cs1. The van der Waals surface area contributed by atoms with Gasteiger partial charge < -0.3 is 10.1 Å². The van der Waals surface area contributed by atoms with E-state index < -0.39 is 13.0 Å². The van der Waals surface area contributed by atoms with E-state index in [1.807, 2.05) is 5.38 Å². The summed E-state index contributed by atoms with van der Waals surface area (Å²) in [5, 5.41) is 6.24. The molecule has 0 saturated heterocycles. The van der Waals surface area contributed by atoms with Gasteiger partial charge in [-0.15, -0.1) is 11.3 Å². The molecule has 18 heavy (non-hydrogen) atoms. The molecule has 0 saturated carbocycles. The molecule has 0 amide bonds. The molecule has 0 atom stereocenters. The standard InChI is InChI=1S/C12H20F2N2OS/c1-12(2,3)11-16-9(8-18-11)6-15-4-5-17-7-10(13)14/h8,10,15H,4-7H2,1-3H3. The van der Waals surface area contributed by atoms with Crippen LogP contribution >= 0.6 is 11.3 Å². The topological polar surface area (TPSA) is 34.2 Å². The second-order valence-electron chi connectivity index (χ2n) is 5.04. The molecule has 0 aliphatic carbocycles. The van der Waals surface area contributed by atoms with Crippen LogP contribution in [0.15, 0.2) is 5.38 Å². The van der Waals surface area contributed by atoms with Gasteiger partial charge in [-0.05, 0) is 0 Å². The van der Waals surface area contributed by atoms with Crippen LogP contribution in [0.1, 0.15) is 31.5 Å². The molecule has 0 bridgehead atoms. The van der Waals surface area contributed by atoms with E-state index in [-0.39, 0.29) is 5.41 Å². The highest BCUT2D eigenvalue weighted by Gasteiger charge is 2.17. The van der Waals surface area contributed by atoms with E-state index in [0.717, 1.165) is 10.7 Å². The highest BCUT2D eigenvalue weighted by Crippen LogP contribution is 2.25. The summed E-state index contributed by atoms with van der Waals surface area (Å²) in [6.07, 6.45) is -2.39. The van der Waals surface area contributed by atoms with Gasteiger partial charge in [0.15, 0.2) is 0 Å². The van der Waals surface area contributed by atoms with Crippen LogP contribution in [-0.4, -0.2) is 31.2 Å². The van der Waals surface area contributed by atoms with Gasteiger partial charge in [-0.2, -0.15) is 0 Å². The molecule has 0 unspecified atom stereocenters. The molecule has 0 spiro atoms. The fourth-order valence-electron chi connectivity index (χ4n) is 1.27. The first-order chi connectivity index (χ1) is 8.39. The maximum Gasteiger partial charge on any atom is 0.261 e. The Kier molecular flexibility index (Phi) is 6.11. The molecule has 1 aromatic heterocycles. The van der Waals surface area contributed by atoms with Crippen LogP contribution < -0.4 is 5.32 Å². The summed E-state index contributed by atoms with van der Waals surface area (Å²) in [6.45, 7) is 7.37. The van der Waals surface area contributed by atoms with Gasteiger partial charge >= 0.3 is 0 Å². The van der Waals surface area contributed by atoms with Crippen molar-refractivity contribution in [3.8, 4) is 0 Å². The lowest BCUT2D eigenvalue weighted by Gasteiger charge is -2.13. The van der Waals surface area contributed by atoms with Crippen LogP contribution in [0.3, 0.4) is 0 Å². The molecule has 0 fully saturated rings. The van der Waals surface area contributed by atoms with Crippen molar-refractivity contribution in [1.82, 2.24) is 10.3 Å². The Bertz CT molecular complexity index is 350. The normalized spacial score (nSPS) is 12.3. The molecule has 0 aliphatic heterocycles. The highest BCUT2D eigenvalue weighted by atomic mass is 32.1. The zero-order chi connectivity index (χ0) is 13.6. The Balaban J connectivity index is 2.18. The Morgan fingerprint density at radius 2 is 2.17 bits per heavy atom. The molecule has 1 aromatic rings. The van der Waals surface area contributed by atoms with Crippen LogP contribution in [-0.2, 0) is 16.7 Å². The fraction of sp³-hybridized carbons (Fsp3) is 0.750. The summed E-state index contributed by atoms with van der Waals surface area (Å²) in [5.41, 5.74) is 1.06. The van der Waals surface area contributed by atoms with Crippen molar-refractivity contribution in [2.45, 2.75) is 39.2 Å². The zero-order valence-corrected chi connectivity index (χ0v) is 11.8. The minimum atomic E-state index is -2.39. The summed E-state index contributed by atoms with van der Waals surface area (Å²) in [6, 6.07) is 0. The lowest BCUT2D eigenvalue weighted by Crippen LogP contribution is -2.21. The third-order valence-corrected chi connectivity index (χ3v) is 3.48. The van der Waals surface area contributed by atoms with Gasteiger partial charge in [0, 0.05) is 23.9 Å². The van der Waals surface area contributed by atoms with Gasteiger partial charge in [-0.3, -0.25) is 0 Å². The first kappa shape index (κ1) is 15.5. The predicted octanol–water partition coefficient (Wildman–Crippen LogP) is 2.81. The molecule has 0 aromatic carbocycles. The van der Waals surface area contributed by atoms with Crippen LogP contribution in [0, 0.1) is 0 Å². The minimum absolute atomic E-state index is 0.0727. The number of hydrogen-bond acceptors (Lipinski definition) is 4. The number of halogens is 2. The Morgan fingerprint density at radius 3 is 2.72 bits per heavy atom. The van der Waals surface area contributed by atoms with Gasteiger partial charge in [0.2, 0.25) is 0 Å². The lowest BCUT2D eigenvalue weighted by atomic mass is 9.98. The summed E-state index contributed by atoms with van der Waals surface area (Å²) >= 11 is 1.65. The lowest BCUT2D eigenvalue weighted by molar-refractivity contribution is 0.0187. The van der Waals surface area contributed by atoms with E-state index in [1.54, 1.807) is 11.3 Å². The van der Waals surface area contributed by atoms with E-state index in [2.05, 4.69) is 31.1 Å². The summed E-state index contributed by atoms with van der Waals surface area (Å²) in [7, 11) is 0. The van der Waals surface area contributed by atoms with Crippen LogP contribution in [0.5, 0.6) is 0 Å². The summed E-state index contributed by atoms with van der Waals surface area (Å²) in [5.74, 6) is 0. The number of ether oxygens (including phenoxy) is 1. The van der Waals surface area contributed by atoms with Crippen molar-refractivity contribution in [1.29, 1.82) is 0 Å². The Hall–Kier alpha value is -0.590. The second kappa shape index (κ2) is 7.11. The van der Waals surface area contributed by atoms with Gasteiger partial charge in [-0.25, -0.2) is 13.8 Å². The van der Waals surface area contributed by atoms with E-state index in [1.165, 1.54) is 0 Å². The monoisotopic (exact) mass is 278 g/mol. The summed E-state index contributed by atoms with van der Waals surface area (Å²) in [4.78, 5) is 4.52. The Labute approximate surface area is 111 Å². The van der Waals surface area contributed by atoms with Gasteiger partial charge in [0.1, 0.15) is 6.61 Å². The maximum absolute atomic E-state index is 11.8. The number of aromatic nitrogens is 1. The smallest absolute Gasteiger partial charge is 0.261 e. The van der Waals surface area contributed by atoms with Gasteiger partial charge in [0.05, 0.1) is 17.3 Å². The average Bonchev–Trinajstić information content (AvgIpc) is 2.71. The van der Waals surface area contributed by atoms with Crippen molar-refractivity contribution in [3.63, 3.8) is 0 Å². The maximum atomic E-state index is 11.8. The van der Waals surface area contributed by atoms with Crippen molar-refractivity contribution < 1.29 is 13.5 Å². The van der Waals surface area contributed by atoms with Crippen molar-refractivity contribution in [2.75, 3.05) is 19.8 Å². The molecule has 1 heterocycles. The molecule has 6 heteroatoms. The highest BCUT2D eigenvalue weighted by molar-refractivity contribution is 7.09. The van der Waals surface area contributed by atoms with Crippen LogP contribution in [0.25, 0.3) is 0 Å². The molecule has 1 N–H and O–H groups in total. The third kappa shape index (κ3) is 5.84. The molecule has 1 rings (SSSR count). The molecule has 0 radical (unpaired) electrons. The number of nitrogens with one attached hydrogen (secondary N) is 1. The van der Waals surface area contributed by atoms with E-state index in [0.29, 0.717) is 19.7 Å². The van der Waals surface area contributed by atoms with Crippen LogP contribution in [0.4, 0.5) is 8.78 Å². The average molecular weight is 278 g/mol. The predicted molar refractivity (Wildman–Crippen MR) is 69.3 cm³/mol. The number of hydrogen-bond donors (Lipinski definition) is 1. The molecular formula is C12H20F2N2OS. The minimum Gasteiger partial charge on any atom is -0.374 e. The summed E-state index contributed by atoms with van der Waals surface area (Å²) < 4.78 is 28.3. The van der Waals surface area contributed by atoms with Crippen LogP contribution in [0.2, 0.25) is 0 Å². The molecule has 0 aliphatic rings. The fourth-order valence-corrected chi connectivity index (χ4v) is 2.17.